The highest BCUT2D eigenvalue weighted by Crippen LogP contribution is 2.11. The van der Waals surface area contributed by atoms with Crippen molar-refractivity contribution in [2.75, 3.05) is 0 Å². The lowest BCUT2D eigenvalue weighted by Gasteiger charge is -2.29. The van der Waals surface area contributed by atoms with Crippen molar-refractivity contribution in [1.82, 2.24) is 16.0 Å². The summed E-state index contributed by atoms with van der Waals surface area (Å²) < 4.78 is 0. The third-order valence-corrected chi connectivity index (χ3v) is 5.00. The predicted octanol–water partition coefficient (Wildman–Crippen LogP) is -1.29. The number of carbonyl (C=O) groups is 4. The van der Waals surface area contributed by atoms with Crippen LogP contribution < -0.4 is 21.7 Å². The summed E-state index contributed by atoms with van der Waals surface area (Å²) >= 11 is 0. The highest BCUT2D eigenvalue weighted by molar-refractivity contribution is 5.94. The summed E-state index contributed by atoms with van der Waals surface area (Å²) in [5, 5.41) is 36.0. The van der Waals surface area contributed by atoms with Gasteiger partial charge in [0.2, 0.25) is 17.7 Å². The topological polar surface area (TPSA) is 191 Å². The molecule has 180 valence electrons. The number of rotatable bonds is 13. The van der Waals surface area contributed by atoms with E-state index < -0.39 is 60.1 Å². The average Bonchev–Trinajstić information content (AvgIpc) is 2.66. The number of aliphatic hydroxyl groups excluding tert-OH is 2. The Hall–Kier alpha value is -2.24. The van der Waals surface area contributed by atoms with E-state index in [0.717, 1.165) is 0 Å². The largest absolute Gasteiger partial charge is 0.480 e. The zero-order valence-corrected chi connectivity index (χ0v) is 19.1. The van der Waals surface area contributed by atoms with Gasteiger partial charge in [-0.2, -0.15) is 0 Å². The fourth-order valence-corrected chi connectivity index (χ4v) is 2.77. The van der Waals surface area contributed by atoms with Gasteiger partial charge in [0.25, 0.3) is 0 Å². The minimum Gasteiger partial charge on any atom is -0.480 e. The van der Waals surface area contributed by atoms with Crippen molar-refractivity contribution in [3.05, 3.63) is 0 Å². The number of hydrogen-bond acceptors (Lipinski definition) is 7. The molecule has 11 nitrogen and oxygen atoms in total. The van der Waals surface area contributed by atoms with Gasteiger partial charge >= 0.3 is 5.97 Å². The molecule has 0 radical (unpaired) electrons. The third kappa shape index (κ3) is 9.62. The van der Waals surface area contributed by atoms with Gasteiger partial charge in [0.1, 0.15) is 24.2 Å². The molecule has 0 heterocycles. The number of carboxylic acid groups (broad SMARTS) is 1. The molecule has 0 fully saturated rings. The molecule has 0 aromatic heterocycles. The van der Waals surface area contributed by atoms with E-state index in [2.05, 4.69) is 16.0 Å². The van der Waals surface area contributed by atoms with E-state index in [4.69, 9.17) is 5.73 Å². The molecule has 0 bridgehead atoms. The SMILES string of the molecule is CCC(C)C(NC(=O)C(NC(=O)C(N)C(C)O)C(C)O)C(=O)NC(CC(C)C)C(=O)O. The van der Waals surface area contributed by atoms with Crippen molar-refractivity contribution in [3.8, 4) is 0 Å². The minimum atomic E-state index is -1.43. The van der Waals surface area contributed by atoms with Crippen LogP contribution in [-0.4, -0.2) is 75.4 Å². The van der Waals surface area contributed by atoms with Crippen molar-refractivity contribution in [1.29, 1.82) is 0 Å². The summed E-state index contributed by atoms with van der Waals surface area (Å²) in [5.41, 5.74) is 5.56. The number of hydrogen-bond donors (Lipinski definition) is 7. The maximum absolute atomic E-state index is 12.8. The maximum atomic E-state index is 12.8. The van der Waals surface area contributed by atoms with Crippen molar-refractivity contribution in [2.45, 2.75) is 90.8 Å². The lowest BCUT2D eigenvalue weighted by molar-refractivity contribution is -0.143. The average molecular weight is 447 g/mol. The quantitative estimate of drug-likeness (QED) is 0.182. The van der Waals surface area contributed by atoms with E-state index in [9.17, 15) is 34.5 Å². The first kappa shape index (κ1) is 28.8. The van der Waals surface area contributed by atoms with Crippen LogP contribution in [0.2, 0.25) is 0 Å². The molecule has 7 atom stereocenters. The van der Waals surface area contributed by atoms with Crippen molar-refractivity contribution in [3.63, 3.8) is 0 Å². The number of aliphatic carboxylic acids is 1. The van der Waals surface area contributed by atoms with Gasteiger partial charge in [0.15, 0.2) is 0 Å². The van der Waals surface area contributed by atoms with Gasteiger partial charge in [-0.15, -0.1) is 0 Å². The molecule has 0 aliphatic rings. The van der Waals surface area contributed by atoms with E-state index in [1.54, 1.807) is 13.8 Å². The molecule has 0 saturated carbocycles. The van der Waals surface area contributed by atoms with E-state index in [-0.39, 0.29) is 18.3 Å². The summed E-state index contributed by atoms with van der Waals surface area (Å²) in [4.78, 5) is 49.1. The number of carboxylic acids is 1. The lowest BCUT2D eigenvalue weighted by atomic mass is 9.96. The van der Waals surface area contributed by atoms with Gasteiger partial charge in [0, 0.05) is 0 Å². The summed E-state index contributed by atoms with van der Waals surface area (Å²) in [7, 11) is 0. The molecule has 0 aliphatic heterocycles. The van der Waals surface area contributed by atoms with Crippen molar-refractivity contribution >= 4 is 23.7 Å². The minimum absolute atomic E-state index is 0.0194. The van der Waals surface area contributed by atoms with Crippen LogP contribution >= 0.6 is 0 Å². The number of nitrogens with two attached hydrogens (primary N) is 1. The molecule has 7 unspecified atom stereocenters. The number of amides is 3. The monoisotopic (exact) mass is 446 g/mol. The summed E-state index contributed by atoms with van der Waals surface area (Å²) in [6.07, 6.45) is -1.78. The molecule has 3 amide bonds. The third-order valence-electron chi connectivity index (χ3n) is 5.00. The van der Waals surface area contributed by atoms with Crippen molar-refractivity contribution in [2.24, 2.45) is 17.6 Å². The van der Waals surface area contributed by atoms with Gasteiger partial charge < -0.3 is 37.0 Å². The second-order valence-corrected chi connectivity index (χ2v) is 8.39. The summed E-state index contributed by atoms with van der Waals surface area (Å²) in [5.74, 6) is -3.88. The second-order valence-electron chi connectivity index (χ2n) is 8.39. The first-order chi connectivity index (χ1) is 14.2. The standard InChI is InChI=1S/C20H38N4O7/c1-7-10(4)15(18(28)22-13(20(30)31)8-9(2)3)23-19(29)16(12(6)26)24-17(27)14(21)11(5)25/h9-16,25-26H,7-8,21H2,1-6H3,(H,22,28)(H,23,29)(H,24,27)(H,30,31). The highest BCUT2D eigenvalue weighted by atomic mass is 16.4. The molecular formula is C20H38N4O7. The molecule has 31 heavy (non-hydrogen) atoms. The zero-order valence-electron chi connectivity index (χ0n) is 19.1. The fourth-order valence-electron chi connectivity index (χ4n) is 2.77. The molecule has 0 spiro atoms. The molecule has 0 aliphatic carbocycles. The highest BCUT2D eigenvalue weighted by Gasteiger charge is 2.34. The smallest absolute Gasteiger partial charge is 0.326 e. The molecule has 0 saturated heterocycles. The molecule has 11 heteroatoms. The van der Waals surface area contributed by atoms with Crippen LogP contribution in [0, 0.1) is 11.8 Å². The first-order valence-corrected chi connectivity index (χ1v) is 10.5. The number of carbonyl (C=O) groups excluding carboxylic acids is 3. The van der Waals surface area contributed by atoms with Gasteiger partial charge in [-0.05, 0) is 32.1 Å². The molecule has 0 aromatic carbocycles. The molecule has 0 aromatic rings. The van der Waals surface area contributed by atoms with Gasteiger partial charge in [-0.3, -0.25) is 14.4 Å². The van der Waals surface area contributed by atoms with Crippen molar-refractivity contribution < 1.29 is 34.5 Å². The van der Waals surface area contributed by atoms with E-state index in [1.807, 2.05) is 13.8 Å². The predicted molar refractivity (Wildman–Crippen MR) is 114 cm³/mol. The van der Waals surface area contributed by atoms with E-state index >= 15 is 0 Å². The molecular weight excluding hydrogens is 408 g/mol. The normalized spacial score (nSPS) is 18.1. The Morgan fingerprint density at radius 3 is 1.68 bits per heavy atom. The first-order valence-electron chi connectivity index (χ1n) is 10.5. The van der Waals surface area contributed by atoms with Crippen LogP contribution in [0.5, 0.6) is 0 Å². The number of nitrogens with one attached hydrogen (secondary N) is 3. The maximum Gasteiger partial charge on any atom is 0.326 e. The molecule has 0 rings (SSSR count). The van der Waals surface area contributed by atoms with Gasteiger partial charge in [-0.25, -0.2) is 4.79 Å². The van der Waals surface area contributed by atoms with Crippen LogP contribution in [0.15, 0.2) is 0 Å². The van der Waals surface area contributed by atoms with Crippen LogP contribution in [0.1, 0.15) is 54.4 Å². The Morgan fingerprint density at radius 1 is 0.806 bits per heavy atom. The lowest BCUT2D eigenvalue weighted by Crippen LogP contribution is -2.61. The summed E-state index contributed by atoms with van der Waals surface area (Å²) in [6, 6.07) is -4.94. The number of aliphatic hydroxyl groups is 2. The second kappa shape index (κ2) is 13.2. The Labute approximate surface area is 183 Å². The molecule has 8 N–H and O–H groups in total. The van der Waals surface area contributed by atoms with Crippen LogP contribution in [0.4, 0.5) is 0 Å². The Bertz CT molecular complexity index is 625. The van der Waals surface area contributed by atoms with Crippen LogP contribution in [-0.2, 0) is 19.2 Å². The van der Waals surface area contributed by atoms with E-state index in [0.29, 0.717) is 6.42 Å². The fraction of sp³-hybridized carbons (Fsp3) is 0.800. The Balaban J connectivity index is 5.51. The van der Waals surface area contributed by atoms with Crippen LogP contribution in [0.25, 0.3) is 0 Å². The Kier molecular flexibility index (Phi) is 12.3. The van der Waals surface area contributed by atoms with Gasteiger partial charge in [-0.1, -0.05) is 34.1 Å². The van der Waals surface area contributed by atoms with Crippen LogP contribution in [0.3, 0.4) is 0 Å². The summed E-state index contributed by atoms with van der Waals surface area (Å²) in [6.45, 7) is 9.74. The van der Waals surface area contributed by atoms with Gasteiger partial charge in [0.05, 0.1) is 12.2 Å². The van der Waals surface area contributed by atoms with E-state index in [1.165, 1.54) is 13.8 Å². The zero-order chi connectivity index (χ0) is 24.5. The Morgan fingerprint density at radius 2 is 1.29 bits per heavy atom.